The van der Waals surface area contributed by atoms with Crippen LogP contribution < -0.4 is 0 Å². The van der Waals surface area contributed by atoms with Crippen molar-refractivity contribution in [2.24, 2.45) is 0 Å². The minimum Gasteiger partial charge on any atom is -0.380 e. The van der Waals surface area contributed by atoms with Crippen molar-refractivity contribution < 1.29 is 9.53 Å². The molecule has 0 amide bonds. The third-order valence-corrected chi connectivity index (χ3v) is 2.87. The van der Waals surface area contributed by atoms with E-state index in [4.69, 9.17) is 4.74 Å². The average molecular weight is 206 g/mol. The zero-order chi connectivity index (χ0) is 11.6. The third kappa shape index (κ3) is 2.26. The van der Waals surface area contributed by atoms with Gasteiger partial charge in [-0.3, -0.25) is 4.79 Å². The lowest BCUT2D eigenvalue weighted by Crippen LogP contribution is -2.06. The van der Waals surface area contributed by atoms with Gasteiger partial charge in [0.1, 0.15) is 0 Å². The zero-order valence-corrected chi connectivity index (χ0v) is 10.1. The Morgan fingerprint density at radius 3 is 2.33 bits per heavy atom. The fraction of sp³-hybridized carbons (Fsp3) is 0.462. The van der Waals surface area contributed by atoms with Gasteiger partial charge in [0.25, 0.3) is 0 Å². The molecule has 15 heavy (non-hydrogen) atoms. The van der Waals surface area contributed by atoms with E-state index in [0.29, 0.717) is 6.61 Å². The minimum absolute atomic E-state index is 0.131. The second kappa shape index (κ2) is 4.58. The molecule has 0 saturated heterocycles. The van der Waals surface area contributed by atoms with Gasteiger partial charge in [0.15, 0.2) is 5.78 Å². The monoisotopic (exact) mass is 206 g/mol. The summed E-state index contributed by atoms with van der Waals surface area (Å²) in [5, 5.41) is 0. The summed E-state index contributed by atoms with van der Waals surface area (Å²) in [4.78, 5) is 11.6. The number of hydrogen-bond donors (Lipinski definition) is 0. The second-order valence-electron chi connectivity index (χ2n) is 3.97. The highest BCUT2D eigenvalue weighted by atomic mass is 16.5. The van der Waals surface area contributed by atoms with Gasteiger partial charge in [0, 0.05) is 12.7 Å². The van der Waals surface area contributed by atoms with Gasteiger partial charge in [0.2, 0.25) is 0 Å². The molecule has 2 nitrogen and oxygen atoms in total. The van der Waals surface area contributed by atoms with E-state index in [9.17, 15) is 4.79 Å². The van der Waals surface area contributed by atoms with E-state index in [1.165, 1.54) is 0 Å². The van der Waals surface area contributed by atoms with Crippen LogP contribution in [0.25, 0.3) is 0 Å². The van der Waals surface area contributed by atoms with Crippen molar-refractivity contribution >= 4 is 5.78 Å². The Morgan fingerprint density at radius 1 is 1.27 bits per heavy atom. The van der Waals surface area contributed by atoms with Crippen LogP contribution in [0.1, 0.15) is 39.5 Å². The molecule has 0 aromatic heterocycles. The lowest BCUT2D eigenvalue weighted by atomic mass is 9.92. The summed E-state index contributed by atoms with van der Waals surface area (Å²) < 4.78 is 5.13. The third-order valence-electron chi connectivity index (χ3n) is 2.87. The van der Waals surface area contributed by atoms with Gasteiger partial charge >= 0.3 is 0 Å². The van der Waals surface area contributed by atoms with Crippen molar-refractivity contribution in [3.63, 3.8) is 0 Å². The number of carbonyl (C=O) groups is 1. The van der Waals surface area contributed by atoms with Gasteiger partial charge < -0.3 is 4.74 Å². The average Bonchev–Trinajstić information content (AvgIpc) is 2.14. The first kappa shape index (κ1) is 11.9. The molecule has 0 saturated carbocycles. The zero-order valence-electron chi connectivity index (χ0n) is 10.1. The maximum Gasteiger partial charge on any atom is 0.160 e. The molecule has 0 N–H and O–H groups in total. The number of carbonyl (C=O) groups excluding carboxylic acids is 1. The van der Waals surface area contributed by atoms with Gasteiger partial charge in [0.05, 0.1) is 6.61 Å². The molecule has 0 aliphatic heterocycles. The molecule has 0 bridgehead atoms. The quantitative estimate of drug-likeness (QED) is 0.711. The number of hydrogen-bond acceptors (Lipinski definition) is 2. The van der Waals surface area contributed by atoms with Crippen LogP contribution in [0.4, 0.5) is 0 Å². The maximum absolute atomic E-state index is 11.6. The van der Waals surface area contributed by atoms with Crippen LogP contribution in [-0.4, -0.2) is 12.9 Å². The molecule has 0 spiro atoms. The lowest BCUT2D eigenvalue weighted by molar-refractivity contribution is 0.101. The highest BCUT2D eigenvalue weighted by Gasteiger charge is 2.13. The van der Waals surface area contributed by atoms with Gasteiger partial charge in [-0.05, 0) is 49.9 Å². The second-order valence-corrected chi connectivity index (χ2v) is 3.97. The Labute approximate surface area is 91.3 Å². The van der Waals surface area contributed by atoms with Crippen LogP contribution in [0.15, 0.2) is 6.07 Å². The van der Waals surface area contributed by atoms with Crippen LogP contribution in [0, 0.1) is 20.8 Å². The van der Waals surface area contributed by atoms with Crippen molar-refractivity contribution in [2.45, 2.75) is 34.3 Å². The molecule has 1 aromatic rings. The predicted molar refractivity (Wildman–Crippen MR) is 61.4 cm³/mol. The Kier molecular flexibility index (Phi) is 3.64. The topological polar surface area (TPSA) is 26.3 Å². The van der Waals surface area contributed by atoms with E-state index < -0.39 is 0 Å². The first-order valence-electron chi connectivity index (χ1n) is 5.08. The number of aryl methyl sites for hydroxylation is 1. The fourth-order valence-corrected chi connectivity index (χ4v) is 1.95. The molecule has 0 aliphatic carbocycles. The minimum atomic E-state index is 0.131. The highest BCUT2D eigenvalue weighted by Crippen LogP contribution is 2.23. The Morgan fingerprint density at radius 2 is 1.87 bits per heavy atom. The first-order chi connectivity index (χ1) is 6.99. The molecule has 0 atom stereocenters. The number of ketones is 1. The maximum atomic E-state index is 11.6. The number of methoxy groups -OCH3 is 1. The molecule has 0 unspecified atom stereocenters. The number of Topliss-reactive ketones (excluding diaryl/α,β-unsaturated/α-hetero) is 1. The molecule has 0 heterocycles. The Bertz CT molecular complexity index is 392. The summed E-state index contributed by atoms with van der Waals surface area (Å²) in [6.45, 7) is 8.19. The van der Waals surface area contributed by atoms with Crippen LogP contribution in [-0.2, 0) is 11.3 Å². The smallest absolute Gasteiger partial charge is 0.160 e. The van der Waals surface area contributed by atoms with E-state index in [1.807, 2.05) is 20.8 Å². The number of rotatable bonds is 3. The van der Waals surface area contributed by atoms with E-state index >= 15 is 0 Å². The van der Waals surface area contributed by atoms with Gasteiger partial charge in [-0.2, -0.15) is 0 Å². The molecule has 0 aliphatic rings. The first-order valence-corrected chi connectivity index (χ1v) is 5.08. The summed E-state index contributed by atoms with van der Waals surface area (Å²) in [6, 6.07) is 2.10. The van der Waals surface area contributed by atoms with Crippen molar-refractivity contribution in [1.82, 2.24) is 0 Å². The SMILES string of the molecule is COCc1cc(C)c(C)c(C(C)=O)c1C. The molecule has 1 rings (SSSR count). The van der Waals surface area contributed by atoms with Gasteiger partial charge in [-0.15, -0.1) is 0 Å². The summed E-state index contributed by atoms with van der Waals surface area (Å²) in [6.07, 6.45) is 0. The molecule has 2 heteroatoms. The summed E-state index contributed by atoms with van der Waals surface area (Å²) in [5.41, 5.74) is 5.23. The fourth-order valence-electron chi connectivity index (χ4n) is 1.95. The number of ether oxygens (including phenoxy) is 1. The van der Waals surface area contributed by atoms with Crippen molar-refractivity contribution in [3.8, 4) is 0 Å². The lowest BCUT2D eigenvalue weighted by Gasteiger charge is -2.14. The molecule has 82 valence electrons. The largest absolute Gasteiger partial charge is 0.380 e. The van der Waals surface area contributed by atoms with E-state index in [0.717, 1.165) is 27.8 Å². The van der Waals surface area contributed by atoms with Crippen LogP contribution in [0.2, 0.25) is 0 Å². The van der Waals surface area contributed by atoms with Gasteiger partial charge in [-0.1, -0.05) is 6.07 Å². The van der Waals surface area contributed by atoms with Crippen LogP contribution in [0.5, 0.6) is 0 Å². The van der Waals surface area contributed by atoms with Gasteiger partial charge in [-0.25, -0.2) is 0 Å². The van der Waals surface area contributed by atoms with Crippen molar-refractivity contribution in [1.29, 1.82) is 0 Å². The number of benzene rings is 1. The Balaban J connectivity index is 3.42. The summed E-state index contributed by atoms with van der Waals surface area (Å²) >= 11 is 0. The van der Waals surface area contributed by atoms with Crippen LogP contribution in [0.3, 0.4) is 0 Å². The standard InChI is InChI=1S/C13H18O2/c1-8-6-12(7-15-5)10(3)13(9(8)2)11(4)14/h6H,7H2,1-5H3. The van der Waals surface area contributed by atoms with E-state index in [1.54, 1.807) is 14.0 Å². The Hall–Kier alpha value is -1.15. The normalized spacial score (nSPS) is 10.5. The summed E-state index contributed by atoms with van der Waals surface area (Å²) in [7, 11) is 1.67. The van der Waals surface area contributed by atoms with Crippen LogP contribution >= 0.6 is 0 Å². The molecule has 1 aromatic carbocycles. The predicted octanol–water partition coefficient (Wildman–Crippen LogP) is 2.96. The molecular weight excluding hydrogens is 188 g/mol. The van der Waals surface area contributed by atoms with E-state index in [-0.39, 0.29) is 5.78 Å². The summed E-state index contributed by atoms with van der Waals surface area (Å²) in [5.74, 6) is 0.131. The molecular formula is C13H18O2. The van der Waals surface area contributed by atoms with Crippen molar-refractivity contribution in [2.75, 3.05) is 7.11 Å². The van der Waals surface area contributed by atoms with E-state index in [2.05, 4.69) is 6.07 Å². The van der Waals surface area contributed by atoms with Crippen molar-refractivity contribution in [3.05, 3.63) is 33.9 Å². The highest BCUT2D eigenvalue weighted by molar-refractivity contribution is 5.97. The molecule has 0 fully saturated rings. The molecule has 0 radical (unpaired) electrons.